The third-order valence-electron chi connectivity index (χ3n) is 6.90. The fraction of sp³-hybridized carbons (Fsp3) is 0.870. The van der Waals surface area contributed by atoms with Gasteiger partial charge in [0.2, 0.25) is 0 Å². The first-order valence-electron chi connectivity index (χ1n) is 11.1. The summed E-state index contributed by atoms with van der Waals surface area (Å²) in [6.45, 7) is 12.6. The summed E-state index contributed by atoms with van der Waals surface area (Å²) in [5.41, 5.74) is -0.780. The highest BCUT2D eigenvalue weighted by molar-refractivity contribution is 5.73. The van der Waals surface area contributed by atoms with E-state index in [0.717, 1.165) is 38.5 Å². The summed E-state index contributed by atoms with van der Waals surface area (Å²) in [5.74, 6) is -0.217. The summed E-state index contributed by atoms with van der Waals surface area (Å²) in [5, 5.41) is 0. The molecule has 5 heteroatoms. The van der Waals surface area contributed by atoms with E-state index in [4.69, 9.17) is 18.9 Å². The first-order chi connectivity index (χ1) is 13.2. The number of carbonyl (C=O) groups excluding carboxylic acids is 1. The van der Waals surface area contributed by atoms with Crippen molar-refractivity contribution >= 4 is 5.97 Å². The van der Waals surface area contributed by atoms with Crippen molar-refractivity contribution in [1.29, 1.82) is 0 Å². The molecule has 0 amide bonds. The highest BCUT2D eigenvalue weighted by atomic mass is 16.8. The number of hydrogen-bond donors (Lipinski definition) is 0. The van der Waals surface area contributed by atoms with Crippen LogP contribution >= 0.6 is 0 Å². The number of ether oxygens (including phenoxy) is 4. The van der Waals surface area contributed by atoms with Crippen molar-refractivity contribution in [3.05, 3.63) is 12.2 Å². The van der Waals surface area contributed by atoms with E-state index in [-0.39, 0.29) is 29.9 Å². The first-order valence-corrected chi connectivity index (χ1v) is 11.1. The third kappa shape index (κ3) is 4.03. The summed E-state index contributed by atoms with van der Waals surface area (Å²) in [7, 11) is 0. The lowest BCUT2D eigenvalue weighted by Crippen LogP contribution is -2.35. The van der Waals surface area contributed by atoms with Gasteiger partial charge in [-0.15, -0.1) is 0 Å². The Balaban J connectivity index is 1.68. The number of rotatable bonds is 8. The second kappa shape index (κ2) is 8.08. The Labute approximate surface area is 170 Å². The van der Waals surface area contributed by atoms with Crippen LogP contribution in [-0.4, -0.2) is 41.3 Å². The average Bonchev–Trinajstić information content (AvgIpc) is 3.23. The van der Waals surface area contributed by atoms with Crippen molar-refractivity contribution in [3.63, 3.8) is 0 Å². The summed E-state index contributed by atoms with van der Waals surface area (Å²) in [6.07, 6.45) is 10.4. The predicted molar refractivity (Wildman–Crippen MR) is 108 cm³/mol. The molecule has 28 heavy (non-hydrogen) atoms. The number of fused-ring (bicyclic) bond motifs is 1. The van der Waals surface area contributed by atoms with Crippen LogP contribution in [0, 0.1) is 5.92 Å². The van der Waals surface area contributed by atoms with Crippen LogP contribution in [0.1, 0.15) is 86.5 Å². The molecule has 0 spiro atoms. The SMILES string of the molecule is CC[C@H](C/C=C/[C@@]1(CC)C[C@]2(CC)OC(=O)C[C@@H]2O1)[C@@H]1OC(C)(C)O[C@H]1CC. The molecule has 3 rings (SSSR count). The van der Waals surface area contributed by atoms with Crippen molar-refractivity contribution in [3.8, 4) is 0 Å². The number of carbonyl (C=O) groups is 1. The molecular weight excluding hydrogens is 356 g/mol. The van der Waals surface area contributed by atoms with Crippen molar-refractivity contribution in [1.82, 2.24) is 0 Å². The molecule has 0 aromatic carbocycles. The molecule has 160 valence electrons. The second-order valence-corrected chi connectivity index (χ2v) is 9.15. The van der Waals surface area contributed by atoms with E-state index in [1.807, 2.05) is 13.8 Å². The lowest BCUT2D eigenvalue weighted by Gasteiger charge is -2.28. The molecule has 0 unspecified atom stereocenters. The van der Waals surface area contributed by atoms with Crippen molar-refractivity contribution in [2.45, 2.75) is 122 Å². The maximum atomic E-state index is 11.8. The van der Waals surface area contributed by atoms with Crippen molar-refractivity contribution < 1.29 is 23.7 Å². The summed E-state index contributed by atoms with van der Waals surface area (Å²) >= 11 is 0. The molecule has 3 aliphatic rings. The minimum atomic E-state index is -0.503. The van der Waals surface area contributed by atoms with Gasteiger partial charge < -0.3 is 18.9 Å². The van der Waals surface area contributed by atoms with E-state index >= 15 is 0 Å². The van der Waals surface area contributed by atoms with Gasteiger partial charge in [-0.3, -0.25) is 4.79 Å². The van der Waals surface area contributed by atoms with Crippen LogP contribution in [0.5, 0.6) is 0 Å². The predicted octanol–water partition coefficient (Wildman–Crippen LogP) is 4.92. The molecule has 0 radical (unpaired) electrons. The molecule has 0 aromatic heterocycles. The highest BCUT2D eigenvalue weighted by Crippen LogP contribution is 2.50. The van der Waals surface area contributed by atoms with Gasteiger partial charge in [-0.05, 0) is 45.4 Å². The Morgan fingerprint density at radius 1 is 1.11 bits per heavy atom. The second-order valence-electron chi connectivity index (χ2n) is 9.15. The molecule has 0 N–H and O–H groups in total. The zero-order valence-corrected chi connectivity index (χ0v) is 18.5. The number of hydrogen-bond acceptors (Lipinski definition) is 5. The standard InChI is InChI=1S/C23H38O5/c1-7-16(20-17(8-2)25-21(5,6)28-20)12-11-13-22(9-3)15-23(10-4)18(26-22)14-19(24)27-23/h11,13,16-18,20H,7-10,12,14-15H2,1-6H3/b13-11+/t16-,17+,18+,20+,22+,23+/m1/s1. The molecule has 0 aliphatic carbocycles. The van der Waals surface area contributed by atoms with Crippen LogP contribution in [0.4, 0.5) is 0 Å². The minimum absolute atomic E-state index is 0.117. The minimum Gasteiger partial charge on any atom is -0.456 e. The Bertz CT molecular complexity index is 600. The molecule has 3 saturated heterocycles. The maximum absolute atomic E-state index is 11.8. The van der Waals surface area contributed by atoms with Gasteiger partial charge in [0, 0.05) is 6.42 Å². The maximum Gasteiger partial charge on any atom is 0.309 e. The molecule has 3 heterocycles. The van der Waals surface area contributed by atoms with Crippen molar-refractivity contribution in [2.75, 3.05) is 0 Å². The van der Waals surface area contributed by atoms with Crippen LogP contribution in [0.2, 0.25) is 0 Å². The van der Waals surface area contributed by atoms with Crippen LogP contribution in [-0.2, 0) is 23.7 Å². The molecule has 5 nitrogen and oxygen atoms in total. The Morgan fingerprint density at radius 3 is 2.43 bits per heavy atom. The fourth-order valence-electron chi connectivity index (χ4n) is 5.22. The fourth-order valence-corrected chi connectivity index (χ4v) is 5.22. The quantitative estimate of drug-likeness (QED) is 0.432. The van der Waals surface area contributed by atoms with E-state index < -0.39 is 11.4 Å². The molecule has 6 atom stereocenters. The molecule has 0 aromatic rings. The Morgan fingerprint density at radius 2 is 1.86 bits per heavy atom. The molecule has 3 aliphatic heterocycles. The monoisotopic (exact) mass is 394 g/mol. The van der Waals surface area contributed by atoms with Crippen LogP contribution in [0.25, 0.3) is 0 Å². The summed E-state index contributed by atoms with van der Waals surface area (Å²) in [6, 6.07) is 0. The van der Waals surface area contributed by atoms with Crippen LogP contribution in [0.15, 0.2) is 12.2 Å². The smallest absolute Gasteiger partial charge is 0.309 e. The average molecular weight is 395 g/mol. The molecule has 0 bridgehead atoms. The van der Waals surface area contributed by atoms with E-state index in [2.05, 4.69) is 39.8 Å². The van der Waals surface area contributed by atoms with E-state index in [0.29, 0.717) is 12.3 Å². The molecule has 3 fully saturated rings. The third-order valence-corrected chi connectivity index (χ3v) is 6.90. The zero-order valence-electron chi connectivity index (χ0n) is 18.5. The van der Waals surface area contributed by atoms with Gasteiger partial charge in [0.25, 0.3) is 0 Å². The number of allylic oxidation sites excluding steroid dienone is 1. The lowest BCUT2D eigenvalue weighted by molar-refractivity contribution is -0.151. The van der Waals surface area contributed by atoms with E-state index in [1.165, 1.54) is 0 Å². The van der Waals surface area contributed by atoms with Gasteiger partial charge in [-0.25, -0.2) is 0 Å². The van der Waals surface area contributed by atoms with Gasteiger partial charge in [-0.1, -0.05) is 46.3 Å². The first kappa shape index (κ1) is 21.8. The Kier molecular flexibility index (Phi) is 6.29. The summed E-state index contributed by atoms with van der Waals surface area (Å²) < 4.78 is 24.5. The van der Waals surface area contributed by atoms with Gasteiger partial charge in [0.1, 0.15) is 11.7 Å². The largest absolute Gasteiger partial charge is 0.456 e. The van der Waals surface area contributed by atoms with E-state index in [9.17, 15) is 4.79 Å². The van der Waals surface area contributed by atoms with Crippen LogP contribution < -0.4 is 0 Å². The topological polar surface area (TPSA) is 54.0 Å². The van der Waals surface area contributed by atoms with Crippen molar-refractivity contribution in [2.24, 2.45) is 5.92 Å². The van der Waals surface area contributed by atoms with Crippen LogP contribution in [0.3, 0.4) is 0 Å². The van der Waals surface area contributed by atoms with Gasteiger partial charge >= 0.3 is 5.97 Å². The summed E-state index contributed by atoms with van der Waals surface area (Å²) in [4.78, 5) is 11.8. The number of esters is 1. The highest BCUT2D eigenvalue weighted by Gasteiger charge is 2.60. The molecular formula is C23H38O5. The Hall–Kier alpha value is -0.910. The van der Waals surface area contributed by atoms with E-state index in [1.54, 1.807) is 0 Å². The van der Waals surface area contributed by atoms with Gasteiger partial charge in [0.15, 0.2) is 5.79 Å². The lowest BCUT2D eigenvalue weighted by atomic mass is 9.83. The molecule has 0 saturated carbocycles. The van der Waals surface area contributed by atoms with Gasteiger partial charge in [0.05, 0.1) is 24.2 Å². The zero-order chi connectivity index (χ0) is 20.6. The van der Waals surface area contributed by atoms with Gasteiger partial charge in [-0.2, -0.15) is 0 Å². The normalized spacial score (nSPS) is 40.8.